The second kappa shape index (κ2) is 8.02. The van der Waals surface area contributed by atoms with Gasteiger partial charge >= 0.3 is 7.60 Å². The van der Waals surface area contributed by atoms with Crippen LogP contribution in [0, 0.1) is 0 Å². The van der Waals surface area contributed by atoms with Gasteiger partial charge in [0.2, 0.25) is 0 Å². The van der Waals surface area contributed by atoms with Gasteiger partial charge in [-0.2, -0.15) is 0 Å². The van der Waals surface area contributed by atoms with E-state index in [1.807, 2.05) is 6.92 Å². The van der Waals surface area contributed by atoms with Crippen LogP contribution in [0.25, 0.3) is 0 Å². The first-order chi connectivity index (χ1) is 6.99. The molecular formula is C9H17Br2O3P. The third-order valence-electron chi connectivity index (χ3n) is 1.61. The molecule has 1 atom stereocenters. The SMILES string of the molecule is CCOP(=O)(/C=C(/C)C(Br)CBr)OCC. The van der Waals surface area contributed by atoms with E-state index in [-0.39, 0.29) is 4.83 Å². The van der Waals surface area contributed by atoms with Gasteiger partial charge in [0.15, 0.2) is 0 Å². The zero-order valence-corrected chi connectivity index (χ0v) is 13.3. The minimum Gasteiger partial charge on any atom is -0.306 e. The molecule has 15 heavy (non-hydrogen) atoms. The highest BCUT2D eigenvalue weighted by Gasteiger charge is 2.21. The van der Waals surface area contributed by atoms with Gasteiger partial charge in [-0.25, -0.2) is 0 Å². The molecule has 1 unspecified atom stereocenters. The molecule has 3 nitrogen and oxygen atoms in total. The van der Waals surface area contributed by atoms with Gasteiger partial charge in [-0.3, -0.25) is 4.57 Å². The first kappa shape index (κ1) is 15.9. The van der Waals surface area contributed by atoms with E-state index >= 15 is 0 Å². The molecule has 0 rings (SSSR count). The van der Waals surface area contributed by atoms with Gasteiger partial charge in [0, 0.05) is 16.0 Å². The fourth-order valence-electron chi connectivity index (χ4n) is 0.924. The summed E-state index contributed by atoms with van der Waals surface area (Å²) in [5, 5.41) is 0.758. The highest BCUT2D eigenvalue weighted by atomic mass is 79.9. The van der Waals surface area contributed by atoms with Crippen LogP contribution in [0.3, 0.4) is 0 Å². The molecule has 0 saturated heterocycles. The summed E-state index contributed by atoms with van der Waals surface area (Å²) in [6.07, 6.45) is 0. The van der Waals surface area contributed by atoms with Crippen molar-refractivity contribution < 1.29 is 13.6 Å². The predicted molar refractivity (Wildman–Crippen MR) is 71.1 cm³/mol. The number of hydrogen-bond donors (Lipinski definition) is 0. The quantitative estimate of drug-likeness (QED) is 0.499. The summed E-state index contributed by atoms with van der Waals surface area (Å²) in [5.41, 5.74) is 0.942. The molecule has 0 aromatic rings. The Balaban J connectivity index is 4.71. The van der Waals surface area contributed by atoms with Gasteiger partial charge in [-0.1, -0.05) is 37.4 Å². The number of hydrogen-bond acceptors (Lipinski definition) is 3. The smallest absolute Gasteiger partial charge is 0.306 e. The van der Waals surface area contributed by atoms with Crippen LogP contribution >= 0.6 is 39.5 Å². The normalized spacial score (nSPS) is 15.4. The van der Waals surface area contributed by atoms with Crippen LogP contribution in [0.1, 0.15) is 20.8 Å². The molecule has 90 valence electrons. The monoisotopic (exact) mass is 362 g/mol. The molecule has 0 aromatic heterocycles. The third kappa shape index (κ3) is 6.22. The van der Waals surface area contributed by atoms with Gasteiger partial charge in [0.1, 0.15) is 0 Å². The lowest BCUT2D eigenvalue weighted by molar-refractivity contribution is 0.228. The maximum absolute atomic E-state index is 12.1. The maximum atomic E-state index is 12.1. The standard InChI is InChI=1S/C9H17Br2O3P/c1-4-13-15(12,14-5-2)7-8(3)9(11)6-10/h7,9H,4-6H2,1-3H3/b8-7-. The zero-order chi connectivity index (χ0) is 11.9. The molecule has 0 aliphatic rings. The van der Waals surface area contributed by atoms with Crippen molar-refractivity contribution >= 4 is 39.5 Å². The minimum absolute atomic E-state index is 0.145. The number of allylic oxidation sites excluding steroid dienone is 1. The molecule has 0 radical (unpaired) electrons. The first-order valence-corrected chi connectivity index (χ1v) is 8.42. The topological polar surface area (TPSA) is 35.5 Å². The number of rotatable bonds is 7. The zero-order valence-electron chi connectivity index (χ0n) is 9.20. The first-order valence-electron chi connectivity index (χ1n) is 4.77. The maximum Gasteiger partial charge on any atom is 0.354 e. The molecule has 0 amide bonds. The van der Waals surface area contributed by atoms with Crippen molar-refractivity contribution in [3.8, 4) is 0 Å². The summed E-state index contributed by atoms with van der Waals surface area (Å²) in [4.78, 5) is 0.145. The molecule has 6 heteroatoms. The van der Waals surface area contributed by atoms with Crippen LogP contribution in [0.15, 0.2) is 11.4 Å². The van der Waals surface area contributed by atoms with Crippen molar-refractivity contribution in [1.29, 1.82) is 0 Å². The molecule has 0 bridgehead atoms. The summed E-state index contributed by atoms with van der Waals surface area (Å²) < 4.78 is 22.4. The second-order valence-corrected chi connectivity index (χ2v) is 6.48. The molecular weight excluding hydrogens is 347 g/mol. The van der Waals surface area contributed by atoms with Crippen LogP contribution in [-0.4, -0.2) is 23.4 Å². The summed E-state index contributed by atoms with van der Waals surface area (Å²) >= 11 is 6.79. The minimum atomic E-state index is -3.06. The molecule has 0 heterocycles. The van der Waals surface area contributed by atoms with Crippen molar-refractivity contribution in [3.63, 3.8) is 0 Å². The van der Waals surface area contributed by atoms with E-state index in [9.17, 15) is 4.57 Å². The fraction of sp³-hybridized carbons (Fsp3) is 0.778. The van der Waals surface area contributed by atoms with Crippen molar-refractivity contribution in [1.82, 2.24) is 0 Å². The summed E-state index contributed by atoms with van der Waals surface area (Å²) in [7, 11) is -3.06. The van der Waals surface area contributed by atoms with E-state index in [4.69, 9.17) is 9.05 Å². The van der Waals surface area contributed by atoms with Crippen LogP contribution in [0.2, 0.25) is 0 Å². The summed E-state index contributed by atoms with van der Waals surface area (Å²) in [6, 6.07) is 0. The lowest BCUT2D eigenvalue weighted by atomic mass is 10.3. The Bertz CT molecular complexity index is 246. The summed E-state index contributed by atoms with van der Waals surface area (Å²) in [6.45, 7) is 6.24. The molecule has 0 aliphatic carbocycles. The van der Waals surface area contributed by atoms with Crippen LogP contribution in [0.4, 0.5) is 0 Å². The van der Waals surface area contributed by atoms with Crippen molar-refractivity contribution in [2.24, 2.45) is 0 Å². The van der Waals surface area contributed by atoms with Gasteiger partial charge in [0.25, 0.3) is 0 Å². The molecule has 0 aliphatic heterocycles. The lowest BCUT2D eigenvalue weighted by Gasteiger charge is -2.15. The average molecular weight is 364 g/mol. The molecule has 0 fully saturated rings. The second-order valence-electron chi connectivity index (χ2n) is 2.87. The van der Waals surface area contributed by atoms with Crippen molar-refractivity contribution in [3.05, 3.63) is 11.4 Å². The molecule has 0 aromatic carbocycles. The van der Waals surface area contributed by atoms with Crippen LogP contribution in [0.5, 0.6) is 0 Å². The van der Waals surface area contributed by atoms with Gasteiger partial charge in [-0.15, -0.1) is 0 Å². The Labute approximate surface area is 108 Å². The lowest BCUT2D eigenvalue weighted by Crippen LogP contribution is -2.02. The fourth-order valence-corrected chi connectivity index (χ4v) is 3.39. The van der Waals surface area contributed by atoms with Crippen molar-refractivity contribution in [2.45, 2.75) is 25.6 Å². The average Bonchev–Trinajstić information content (AvgIpc) is 2.16. The van der Waals surface area contributed by atoms with Crippen LogP contribution < -0.4 is 0 Å². The number of alkyl halides is 2. The molecule has 0 N–H and O–H groups in total. The van der Waals surface area contributed by atoms with E-state index in [1.165, 1.54) is 0 Å². The van der Waals surface area contributed by atoms with E-state index in [0.29, 0.717) is 13.2 Å². The molecule has 0 saturated carbocycles. The van der Waals surface area contributed by atoms with Gasteiger partial charge in [0.05, 0.1) is 13.2 Å². The summed E-state index contributed by atoms with van der Waals surface area (Å²) in [5.74, 6) is 1.58. The highest BCUT2D eigenvalue weighted by Crippen LogP contribution is 2.51. The van der Waals surface area contributed by atoms with Gasteiger partial charge in [-0.05, 0) is 20.8 Å². The largest absolute Gasteiger partial charge is 0.354 e. The number of halogens is 2. The Morgan fingerprint density at radius 2 is 1.87 bits per heavy atom. The highest BCUT2D eigenvalue weighted by molar-refractivity contribution is 9.12. The van der Waals surface area contributed by atoms with E-state index in [0.717, 1.165) is 10.9 Å². The Morgan fingerprint density at radius 3 is 2.20 bits per heavy atom. The van der Waals surface area contributed by atoms with Crippen LogP contribution in [-0.2, 0) is 13.6 Å². The Hall–Kier alpha value is 0.850. The predicted octanol–water partition coefficient (Wildman–Crippen LogP) is 4.31. The van der Waals surface area contributed by atoms with E-state index in [2.05, 4.69) is 31.9 Å². The van der Waals surface area contributed by atoms with E-state index < -0.39 is 7.60 Å². The van der Waals surface area contributed by atoms with Crippen molar-refractivity contribution in [2.75, 3.05) is 18.5 Å². The third-order valence-corrected chi connectivity index (χ3v) is 6.13. The Kier molecular flexibility index (Phi) is 8.47. The van der Waals surface area contributed by atoms with E-state index in [1.54, 1.807) is 19.7 Å². The molecule has 0 spiro atoms. The Morgan fingerprint density at radius 1 is 1.40 bits per heavy atom. The van der Waals surface area contributed by atoms with Gasteiger partial charge < -0.3 is 9.05 Å².